The molecule has 0 aliphatic heterocycles. The highest BCUT2D eigenvalue weighted by atomic mass is 16.5. The first kappa shape index (κ1) is 15.5. The number of nitrogen functional groups attached to an aromatic ring is 1. The molecule has 0 aromatic carbocycles. The van der Waals surface area contributed by atoms with Crippen molar-refractivity contribution in [2.24, 2.45) is 5.92 Å². The second-order valence-corrected chi connectivity index (χ2v) is 4.40. The van der Waals surface area contributed by atoms with Crippen LogP contribution in [0, 0.1) is 5.92 Å². The highest BCUT2D eigenvalue weighted by Crippen LogP contribution is 2.24. The molecule has 1 unspecified atom stereocenters. The third-order valence-corrected chi connectivity index (χ3v) is 3.20. The van der Waals surface area contributed by atoms with Gasteiger partial charge in [-0.05, 0) is 12.8 Å². The molecule has 0 radical (unpaired) electrons. The maximum absolute atomic E-state index is 10.1. The molecule has 0 amide bonds. The van der Waals surface area contributed by atoms with Crippen molar-refractivity contribution in [3.8, 4) is 5.88 Å². The lowest BCUT2D eigenvalue weighted by Crippen LogP contribution is -2.28. The van der Waals surface area contributed by atoms with Crippen LogP contribution in [0.3, 0.4) is 0 Å². The smallest absolute Gasteiger partial charge is 0.242 e. The van der Waals surface area contributed by atoms with Gasteiger partial charge in [0.15, 0.2) is 5.82 Å². The predicted octanol–water partition coefficient (Wildman–Crippen LogP) is 1.67. The van der Waals surface area contributed by atoms with Crippen LogP contribution in [0.15, 0.2) is 6.33 Å². The summed E-state index contributed by atoms with van der Waals surface area (Å²) in [5, 5.41) is 13.1. The Labute approximate surface area is 114 Å². The lowest BCUT2D eigenvalue weighted by atomic mass is 9.96. The molecule has 6 heteroatoms. The van der Waals surface area contributed by atoms with Gasteiger partial charge in [-0.3, -0.25) is 0 Å². The van der Waals surface area contributed by atoms with E-state index in [-0.39, 0.29) is 5.92 Å². The second kappa shape index (κ2) is 7.78. The van der Waals surface area contributed by atoms with E-state index in [0.717, 1.165) is 12.8 Å². The minimum absolute atomic E-state index is 0.280. The number of aliphatic hydroxyl groups excluding tert-OH is 1. The molecular formula is C13H24N4O2. The van der Waals surface area contributed by atoms with Gasteiger partial charge in [0, 0.05) is 6.54 Å². The summed E-state index contributed by atoms with van der Waals surface area (Å²) < 4.78 is 5.30. The first-order valence-electron chi connectivity index (χ1n) is 6.79. The summed E-state index contributed by atoms with van der Waals surface area (Å²) in [4.78, 5) is 8.03. The summed E-state index contributed by atoms with van der Waals surface area (Å²) in [5.41, 5.74) is 6.28. The summed E-state index contributed by atoms with van der Waals surface area (Å²) >= 11 is 0. The molecule has 1 rings (SSSR count). The number of ether oxygens (including phenoxy) is 1. The van der Waals surface area contributed by atoms with Crippen molar-refractivity contribution in [2.75, 3.05) is 24.2 Å². The van der Waals surface area contributed by atoms with E-state index in [9.17, 15) is 5.11 Å². The fourth-order valence-electron chi connectivity index (χ4n) is 1.97. The minimum atomic E-state index is -0.417. The van der Waals surface area contributed by atoms with E-state index in [2.05, 4.69) is 29.1 Å². The zero-order valence-corrected chi connectivity index (χ0v) is 11.9. The summed E-state index contributed by atoms with van der Waals surface area (Å²) in [7, 11) is 0. The molecule has 108 valence electrons. The molecule has 0 spiro atoms. The van der Waals surface area contributed by atoms with E-state index >= 15 is 0 Å². The van der Waals surface area contributed by atoms with Gasteiger partial charge in [0.05, 0.1) is 12.7 Å². The first-order chi connectivity index (χ1) is 9.13. The van der Waals surface area contributed by atoms with Crippen LogP contribution in [0.2, 0.25) is 0 Å². The first-order valence-corrected chi connectivity index (χ1v) is 6.79. The van der Waals surface area contributed by atoms with Gasteiger partial charge in [-0.25, -0.2) is 4.98 Å². The molecule has 4 N–H and O–H groups in total. The Kier molecular flexibility index (Phi) is 6.35. The number of nitrogens with zero attached hydrogens (tertiary/aromatic N) is 2. The summed E-state index contributed by atoms with van der Waals surface area (Å²) in [6.07, 6.45) is 2.87. The van der Waals surface area contributed by atoms with Crippen LogP contribution in [0.4, 0.5) is 11.5 Å². The molecule has 0 fully saturated rings. The van der Waals surface area contributed by atoms with Crippen LogP contribution in [-0.2, 0) is 0 Å². The molecule has 0 aliphatic carbocycles. The summed E-state index contributed by atoms with van der Waals surface area (Å²) in [6, 6.07) is 0. The van der Waals surface area contributed by atoms with Gasteiger partial charge in [0.25, 0.3) is 0 Å². The van der Waals surface area contributed by atoms with Gasteiger partial charge in [-0.1, -0.05) is 26.7 Å². The zero-order valence-electron chi connectivity index (χ0n) is 11.9. The van der Waals surface area contributed by atoms with E-state index in [1.807, 2.05) is 6.92 Å². The average molecular weight is 268 g/mol. The van der Waals surface area contributed by atoms with E-state index < -0.39 is 6.10 Å². The lowest BCUT2D eigenvalue weighted by Gasteiger charge is -2.21. The van der Waals surface area contributed by atoms with E-state index in [4.69, 9.17) is 10.5 Å². The van der Waals surface area contributed by atoms with Crippen LogP contribution >= 0.6 is 0 Å². The van der Waals surface area contributed by atoms with Crippen LogP contribution in [0.1, 0.15) is 33.6 Å². The topological polar surface area (TPSA) is 93.3 Å². The quantitative estimate of drug-likeness (QED) is 0.664. The van der Waals surface area contributed by atoms with Crippen LogP contribution in [-0.4, -0.2) is 34.3 Å². The monoisotopic (exact) mass is 268 g/mol. The molecule has 0 aliphatic rings. The number of hydrogen-bond donors (Lipinski definition) is 3. The van der Waals surface area contributed by atoms with Gasteiger partial charge < -0.3 is 20.9 Å². The highest BCUT2D eigenvalue weighted by molar-refractivity contribution is 5.66. The number of rotatable bonds is 8. The third-order valence-electron chi connectivity index (χ3n) is 3.20. The van der Waals surface area contributed by atoms with Crippen molar-refractivity contribution < 1.29 is 9.84 Å². The van der Waals surface area contributed by atoms with Crippen molar-refractivity contribution in [1.82, 2.24) is 9.97 Å². The fraction of sp³-hybridized carbons (Fsp3) is 0.692. The van der Waals surface area contributed by atoms with Gasteiger partial charge in [-0.15, -0.1) is 0 Å². The van der Waals surface area contributed by atoms with Gasteiger partial charge in [-0.2, -0.15) is 4.98 Å². The molecular weight excluding hydrogens is 244 g/mol. The molecule has 1 aromatic rings. The second-order valence-electron chi connectivity index (χ2n) is 4.40. The number of anilines is 2. The minimum Gasteiger partial charge on any atom is -0.476 e. The van der Waals surface area contributed by atoms with E-state index in [1.54, 1.807) is 0 Å². The van der Waals surface area contributed by atoms with Crippen LogP contribution < -0.4 is 15.8 Å². The normalized spacial score (nSPS) is 12.5. The standard InChI is InChI=1S/C13H24N4O2/c1-4-9(5-2)10(18)7-15-12-11(14)13(19-6-3)17-8-16-12/h8-10,18H,4-7,14H2,1-3H3,(H,15,16,17). The number of aromatic nitrogens is 2. The Morgan fingerprint density at radius 3 is 2.58 bits per heavy atom. The van der Waals surface area contributed by atoms with Crippen LogP contribution in [0.5, 0.6) is 5.88 Å². The molecule has 1 atom stereocenters. The van der Waals surface area contributed by atoms with Crippen LogP contribution in [0.25, 0.3) is 0 Å². The molecule has 0 saturated heterocycles. The van der Waals surface area contributed by atoms with Crippen molar-refractivity contribution in [1.29, 1.82) is 0 Å². The Bertz CT molecular complexity index is 383. The molecule has 0 bridgehead atoms. The zero-order chi connectivity index (χ0) is 14.3. The van der Waals surface area contributed by atoms with Crippen molar-refractivity contribution in [3.05, 3.63) is 6.33 Å². The van der Waals surface area contributed by atoms with E-state index in [0.29, 0.717) is 30.5 Å². The predicted molar refractivity (Wildman–Crippen MR) is 76.2 cm³/mol. The van der Waals surface area contributed by atoms with E-state index in [1.165, 1.54) is 6.33 Å². The Balaban J connectivity index is 2.65. The SMILES string of the molecule is CCOc1ncnc(NCC(O)C(CC)CC)c1N. The summed E-state index contributed by atoms with van der Waals surface area (Å²) in [5.74, 6) is 1.16. The number of nitrogens with two attached hydrogens (primary N) is 1. The van der Waals surface area contributed by atoms with Crippen molar-refractivity contribution in [2.45, 2.75) is 39.7 Å². The number of hydrogen-bond acceptors (Lipinski definition) is 6. The molecule has 6 nitrogen and oxygen atoms in total. The molecule has 1 aromatic heterocycles. The number of aliphatic hydroxyl groups is 1. The molecule has 19 heavy (non-hydrogen) atoms. The summed E-state index contributed by atoms with van der Waals surface area (Å²) in [6.45, 7) is 6.93. The highest BCUT2D eigenvalue weighted by Gasteiger charge is 2.16. The lowest BCUT2D eigenvalue weighted by molar-refractivity contribution is 0.114. The van der Waals surface area contributed by atoms with Crippen molar-refractivity contribution >= 4 is 11.5 Å². The Hall–Kier alpha value is -1.56. The average Bonchev–Trinajstić information content (AvgIpc) is 2.41. The van der Waals surface area contributed by atoms with Crippen molar-refractivity contribution in [3.63, 3.8) is 0 Å². The van der Waals surface area contributed by atoms with Gasteiger partial charge in [0.2, 0.25) is 5.88 Å². The maximum atomic E-state index is 10.1. The largest absolute Gasteiger partial charge is 0.476 e. The fourth-order valence-corrected chi connectivity index (χ4v) is 1.97. The number of nitrogens with one attached hydrogen (secondary N) is 1. The Morgan fingerprint density at radius 2 is 2.00 bits per heavy atom. The van der Waals surface area contributed by atoms with Gasteiger partial charge in [0.1, 0.15) is 12.0 Å². The molecule has 0 saturated carbocycles. The molecule has 1 heterocycles. The maximum Gasteiger partial charge on any atom is 0.242 e. The Morgan fingerprint density at radius 1 is 1.32 bits per heavy atom. The van der Waals surface area contributed by atoms with Gasteiger partial charge >= 0.3 is 0 Å². The third kappa shape index (κ3) is 4.24.